The van der Waals surface area contributed by atoms with E-state index in [4.69, 9.17) is 0 Å². The van der Waals surface area contributed by atoms with Crippen LogP contribution in [-0.2, 0) is 6.18 Å². The van der Waals surface area contributed by atoms with Gasteiger partial charge in [-0.25, -0.2) is 9.67 Å². The van der Waals surface area contributed by atoms with E-state index in [0.717, 1.165) is 6.07 Å². The lowest BCUT2D eigenvalue weighted by Crippen LogP contribution is -2.15. The highest BCUT2D eigenvalue weighted by atomic mass is 19.4. The molecule has 24 heavy (non-hydrogen) atoms. The lowest BCUT2D eigenvalue weighted by Gasteiger charge is -2.09. The number of pyridine rings is 1. The van der Waals surface area contributed by atoms with Gasteiger partial charge in [-0.05, 0) is 36.4 Å². The average molecular weight is 333 g/mol. The normalized spacial score (nSPS) is 11.3. The highest BCUT2D eigenvalue weighted by Crippen LogP contribution is 2.28. The SMILES string of the molecule is O=C(Nc1cccc(C(F)(F)F)n1)c1ccc(-n2ccnn2)cc1. The number of hydrogen-bond acceptors (Lipinski definition) is 4. The van der Waals surface area contributed by atoms with Crippen LogP contribution in [0.5, 0.6) is 0 Å². The Balaban J connectivity index is 1.76. The Morgan fingerprint density at radius 1 is 1.08 bits per heavy atom. The Bertz CT molecular complexity index is 844. The molecular formula is C15H10F3N5O. The number of carbonyl (C=O) groups excluding carboxylic acids is 1. The van der Waals surface area contributed by atoms with E-state index in [1.807, 2.05) is 0 Å². The first-order chi connectivity index (χ1) is 11.4. The number of anilines is 1. The molecule has 0 fully saturated rings. The van der Waals surface area contributed by atoms with E-state index in [2.05, 4.69) is 20.6 Å². The molecule has 2 heterocycles. The van der Waals surface area contributed by atoms with E-state index in [1.165, 1.54) is 35.1 Å². The van der Waals surface area contributed by atoms with Gasteiger partial charge in [0.1, 0.15) is 11.5 Å². The second-order valence-corrected chi connectivity index (χ2v) is 4.75. The largest absolute Gasteiger partial charge is 0.433 e. The van der Waals surface area contributed by atoms with Gasteiger partial charge in [0.05, 0.1) is 18.1 Å². The lowest BCUT2D eigenvalue weighted by atomic mass is 10.2. The summed E-state index contributed by atoms with van der Waals surface area (Å²) < 4.78 is 39.4. The van der Waals surface area contributed by atoms with Gasteiger partial charge < -0.3 is 5.32 Å². The molecule has 1 amide bonds. The maximum absolute atomic E-state index is 12.6. The monoisotopic (exact) mass is 333 g/mol. The first-order valence-corrected chi connectivity index (χ1v) is 6.76. The van der Waals surface area contributed by atoms with Gasteiger partial charge in [0.25, 0.3) is 5.91 Å². The minimum absolute atomic E-state index is 0.171. The summed E-state index contributed by atoms with van der Waals surface area (Å²) in [4.78, 5) is 15.5. The van der Waals surface area contributed by atoms with Crippen LogP contribution in [0.15, 0.2) is 54.9 Å². The van der Waals surface area contributed by atoms with Crippen molar-refractivity contribution in [2.75, 3.05) is 5.32 Å². The maximum Gasteiger partial charge on any atom is 0.433 e. The fraction of sp³-hybridized carbons (Fsp3) is 0.0667. The molecule has 0 saturated carbocycles. The summed E-state index contributed by atoms with van der Waals surface area (Å²) in [5.41, 5.74) is -0.0962. The van der Waals surface area contributed by atoms with Crippen LogP contribution in [0.4, 0.5) is 19.0 Å². The number of amides is 1. The third-order valence-electron chi connectivity index (χ3n) is 3.10. The van der Waals surface area contributed by atoms with Crippen molar-refractivity contribution >= 4 is 11.7 Å². The average Bonchev–Trinajstić information content (AvgIpc) is 3.09. The van der Waals surface area contributed by atoms with Crippen molar-refractivity contribution in [3.8, 4) is 5.69 Å². The van der Waals surface area contributed by atoms with Crippen molar-refractivity contribution in [1.82, 2.24) is 20.0 Å². The number of carbonyl (C=O) groups is 1. The van der Waals surface area contributed by atoms with Crippen LogP contribution in [0.3, 0.4) is 0 Å². The molecule has 0 aliphatic rings. The number of benzene rings is 1. The Kier molecular flexibility index (Phi) is 3.98. The Morgan fingerprint density at radius 2 is 1.83 bits per heavy atom. The van der Waals surface area contributed by atoms with E-state index in [1.54, 1.807) is 18.3 Å². The second-order valence-electron chi connectivity index (χ2n) is 4.75. The Morgan fingerprint density at radius 3 is 2.46 bits per heavy atom. The molecule has 1 aromatic carbocycles. The summed E-state index contributed by atoms with van der Waals surface area (Å²) in [5, 5.41) is 9.82. The topological polar surface area (TPSA) is 72.7 Å². The number of nitrogens with zero attached hydrogens (tertiary/aromatic N) is 4. The fourth-order valence-corrected chi connectivity index (χ4v) is 1.96. The summed E-state index contributed by atoms with van der Waals surface area (Å²) in [5.74, 6) is -0.734. The molecule has 0 atom stereocenters. The first-order valence-electron chi connectivity index (χ1n) is 6.76. The molecule has 9 heteroatoms. The van der Waals surface area contributed by atoms with E-state index in [9.17, 15) is 18.0 Å². The van der Waals surface area contributed by atoms with Crippen LogP contribution < -0.4 is 5.32 Å². The standard InChI is InChI=1S/C15H10F3N5O/c16-15(17,18)12-2-1-3-13(20-12)21-14(24)10-4-6-11(7-5-10)23-9-8-19-22-23/h1-9H,(H,20,21,24). The van der Waals surface area contributed by atoms with Crippen LogP contribution in [0.1, 0.15) is 16.1 Å². The van der Waals surface area contributed by atoms with Gasteiger partial charge in [-0.1, -0.05) is 11.3 Å². The molecule has 0 spiro atoms. The zero-order chi connectivity index (χ0) is 17.2. The number of aromatic nitrogens is 4. The number of halogens is 3. The molecule has 0 radical (unpaired) electrons. The summed E-state index contributed by atoms with van der Waals surface area (Å²) >= 11 is 0. The quantitative estimate of drug-likeness (QED) is 0.800. The van der Waals surface area contributed by atoms with Crippen LogP contribution >= 0.6 is 0 Å². The molecule has 122 valence electrons. The van der Waals surface area contributed by atoms with Gasteiger partial charge in [0, 0.05) is 5.56 Å². The zero-order valence-electron chi connectivity index (χ0n) is 12.0. The van der Waals surface area contributed by atoms with E-state index in [-0.39, 0.29) is 11.4 Å². The van der Waals surface area contributed by atoms with Gasteiger partial charge in [0.15, 0.2) is 0 Å². The molecular weight excluding hydrogens is 323 g/mol. The van der Waals surface area contributed by atoms with E-state index < -0.39 is 17.8 Å². The van der Waals surface area contributed by atoms with Gasteiger partial charge >= 0.3 is 6.18 Å². The van der Waals surface area contributed by atoms with Crippen molar-refractivity contribution in [1.29, 1.82) is 0 Å². The number of hydrogen-bond donors (Lipinski definition) is 1. The molecule has 0 aliphatic heterocycles. The molecule has 0 unspecified atom stereocenters. The maximum atomic E-state index is 12.6. The van der Waals surface area contributed by atoms with Gasteiger partial charge in [0.2, 0.25) is 0 Å². The molecule has 3 rings (SSSR count). The summed E-state index contributed by atoms with van der Waals surface area (Å²) in [6.07, 6.45) is -1.41. The van der Waals surface area contributed by atoms with Crippen molar-refractivity contribution in [3.05, 3.63) is 66.1 Å². The molecule has 2 aromatic heterocycles. The summed E-state index contributed by atoms with van der Waals surface area (Å²) in [6, 6.07) is 9.64. The molecule has 0 saturated heterocycles. The third-order valence-corrected chi connectivity index (χ3v) is 3.10. The van der Waals surface area contributed by atoms with Gasteiger partial charge in [-0.15, -0.1) is 5.10 Å². The van der Waals surface area contributed by atoms with Crippen LogP contribution in [0.2, 0.25) is 0 Å². The van der Waals surface area contributed by atoms with Crippen molar-refractivity contribution in [3.63, 3.8) is 0 Å². The molecule has 0 bridgehead atoms. The number of alkyl halides is 3. The molecule has 0 aliphatic carbocycles. The van der Waals surface area contributed by atoms with Crippen molar-refractivity contribution < 1.29 is 18.0 Å². The van der Waals surface area contributed by atoms with Crippen LogP contribution in [0, 0.1) is 0 Å². The van der Waals surface area contributed by atoms with Gasteiger partial charge in [-0.3, -0.25) is 4.79 Å². The Labute approximate surface area is 133 Å². The third kappa shape index (κ3) is 3.40. The predicted octanol–water partition coefficient (Wildman–Crippen LogP) is 2.93. The number of nitrogens with one attached hydrogen (secondary N) is 1. The highest BCUT2D eigenvalue weighted by Gasteiger charge is 2.32. The highest BCUT2D eigenvalue weighted by molar-refractivity contribution is 6.03. The predicted molar refractivity (Wildman–Crippen MR) is 78.6 cm³/mol. The van der Waals surface area contributed by atoms with Crippen molar-refractivity contribution in [2.45, 2.75) is 6.18 Å². The number of rotatable bonds is 3. The van der Waals surface area contributed by atoms with Crippen LogP contribution in [0.25, 0.3) is 5.69 Å². The van der Waals surface area contributed by atoms with Crippen molar-refractivity contribution in [2.24, 2.45) is 0 Å². The van der Waals surface area contributed by atoms with Crippen LogP contribution in [-0.4, -0.2) is 25.9 Å². The Hall–Kier alpha value is -3.23. The minimum atomic E-state index is -4.57. The van der Waals surface area contributed by atoms with Gasteiger partial charge in [-0.2, -0.15) is 13.2 Å². The molecule has 1 N–H and O–H groups in total. The lowest BCUT2D eigenvalue weighted by molar-refractivity contribution is -0.141. The summed E-state index contributed by atoms with van der Waals surface area (Å²) in [7, 11) is 0. The van der Waals surface area contributed by atoms with E-state index in [0.29, 0.717) is 5.69 Å². The second kappa shape index (κ2) is 6.11. The minimum Gasteiger partial charge on any atom is -0.307 e. The first kappa shape index (κ1) is 15.7. The smallest absolute Gasteiger partial charge is 0.307 e. The fourth-order valence-electron chi connectivity index (χ4n) is 1.96. The van der Waals surface area contributed by atoms with E-state index >= 15 is 0 Å². The molecule has 3 aromatic rings. The zero-order valence-corrected chi connectivity index (χ0v) is 12.0. The molecule has 6 nitrogen and oxygen atoms in total. The summed E-state index contributed by atoms with van der Waals surface area (Å²) in [6.45, 7) is 0.